The Hall–Kier alpha value is -1.82. The second kappa shape index (κ2) is 3.09. The fourth-order valence-corrected chi connectivity index (χ4v) is 1.31. The Morgan fingerprint density at radius 2 is 2.07 bits per heavy atom. The molecule has 3 nitrogen and oxygen atoms in total. The molecule has 1 heterocycles. The molecule has 76 valence electrons. The summed E-state index contributed by atoms with van der Waals surface area (Å²) in [4.78, 5) is 4.38. The summed E-state index contributed by atoms with van der Waals surface area (Å²) < 4.78 is 5.61. The van der Waals surface area contributed by atoms with Crippen LogP contribution in [0.25, 0.3) is 11.1 Å². The van der Waals surface area contributed by atoms with Crippen molar-refractivity contribution in [3.05, 3.63) is 29.7 Å². The highest BCUT2D eigenvalue weighted by molar-refractivity contribution is 5.74. The van der Waals surface area contributed by atoms with Crippen LogP contribution < -0.4 is 0 Å². The number of hydrogen-bond acceptors (Lipinski definition) is 3. The minimum atomic E-state index is -0.105. The van der Waals surface area contributed by atoms with E-state index in [1.807, 2.05) is 26.8 Å². The first-order valence-corrected chi connectivity index (χ1v) is 4.82. The van der Waals surface area contributed by atoms with Crippen LogP contribution in [0, 0.1) is 11.3 Å². The molecule has 0 fully saturated rings. The predicted octanol–water partition coefficient (Wildman–Crippen LogP) is 3.00. The lowest BCUT2D eigenvalue weighted by molar-refractivity contribution is 0.411. The van der Waals surface area contributed by atoms with Crippen molar-refractivity contribution in [2.45, 2.75) is 26.2 Å². The van der Waals surface area contributed by atoms with E-state index < -0.39 is 0 Å². The number of benzene rings is 1. The van der Waals surface area contributed by atoms with E-state index in [1.165, 1.54) is 0 Å². The average molecular weight is 200 g/mol. The van der Waals surface area contributed by atoms with Gasteiger partial charge >= 0.3 is 0 Å². The van der Waals surface area contributed by atoms with Crippen molar-refractivity contribution >= 4 is 11.1 Å². The van der Waals surface area contributed by atoms with Crippen LogP contribution in [-0.2, 0) is 5.41 Å². The Balaban J connectivity index is 2.62. The van der Waals surface area contributed by atoms with E-state index in [0.717, 1.165) is 5.52 Å². The molecule has 0 aliphatic heterocycles. The van der Waals surface area contributed by atoms with Crippen LogP contribution in [0.3, 0.4) is 0 Å². The SMILES string of the molecule is CC(C)(C)c1nc2ccc(C#N)cc2o1. The fraction of sp³-hybridized carbons (Fsp3) is 0.333. The molecule has 0 amide bonds. The first-order valence-electron chi connectivity index (χ1n) is 4.82. The standard InChI is InChI=1S/C12H12N2O/c1-12(2,3)11-14-9-5-4-8(7-13)6-10(9)15-11/h4-6H,1-3H3. The molecule has 0 aliphatic rings. The minimum Gasteiger partial charge on any atom is -0.440 e. The van der Waals surface area contributed by atoms with Gasteiger partial charge in [-0.2, -0.15) is 5.26 Å². The van der Waals surface area contributed by atoms with Gasteiger partial charge in [0.2, 0.25) is 5.89 Å². The molecule has 0 saturated heterocycles. The second-order valence-electron chi connectivity index (χ2n) is 4.56. The van der Waals surface area contributed by atoms with Crippen LogP contribution in [0.4, 0.5) is 0 Å². The van der Waals surface area contributed by atoms with Crippen molar-refractivity contribution in [3.8, 4) is 6.07 Å². The van der Waals surface area contributed by atoms with E-state index in [1.54, 1.807) is 12.1 Å². The Morgan fingerprint density at radius 3 is 2.67 bits per heavy atom. The third-order valence-electron chi connectivity index (χ3n) is 2.16. The Bertz CT molecular complexity index is 541. The smallest absolute Gasteiger partial charge is 0.200 e. The quantitative estimate of drug-likeness (QED) is 0.656. The largest absolute Gasteiger partial charge is 0.440 e. The van der Waals surface area contributed by atoms with Gasteiger partial charge in [0, 0.05) is 11.5 Å². The number of rotatable bonds is 0. The lowest BCUT2D eigenvalue weighted by atomic mass is 9.97. The zero-order chi connectivity index (χ0) is 11.1. The number of hydrogen-bond donors (Lipinski definition) is 0. The van der Waals surface area contributed by atoms with Gasteiger partial charge < -0.3 is 4.42 Å². The maximum atomic E-state index is 8.75. The van der Waals surface area contributed by atoms with Crippen LogP contribution in [0.2, 0.25) is 0 Å². The van der Waals surface area contributed by atoms with Gasteiger partial charge in [-0.05, 0) is 12.1 Å². The first kappa shape index (κ1) is 9.72. The maximum Gasteiger partial charge on any atom is 0.200 e. The second-order valence-corrected chi connectivity index (χ2v) is 4.56. The molecule has 1 aromatic carbocycles. The van der Waals surface area contributed by atoms with Gasteiger partial charge in [0.05, 0.1) is 11.6 Å². The highest BCUT2D eigenvalue weighted by Gasteiger charge is 2.20. The summed E-state index contributed by atoms with van der Waals surface area (Å²) in [6, 6.07) is 7.36. The molecular formula is C12H12N2O. The number of nitriles is 1. The number of nitrogens with zero attached hydrogens (tertiary/aromatic N) is 2. The van der Waals surface area contributed by atoms with Gasteiger partial charge in [0.25, 0.3) is 0 Å². The molecule has 2 rings (SSSR count). The molecule has 0 spiro atoms. The van der Waals surface area contributed by atoms with E-state index >= 15 is 0 Å². The van der Waals surface area contributed by atoms with E-state index in [9.17, 15) is 0 Å². The fourth-order valence-electron chi connectivity index (χ4n) is 1.31. The lowest BCUT2D eigenvalue weighted by Gasteiger charge is -2.11. The lowest BCUT2D eigenvalue weighted by Crippen LogP contribution is -2.10. The molecule has 1 aromatic heterocycles. The van der Waals surface area contributed by atoms with Gasteiger partial charge in [-0.15, -0.1) is 0 Å². The molecule has 0 bridgehead atoms. The Labute approximate surface area is 88.3 Å². The molecule has 0 N–H and O–H groups in total. The molecule has 0 aliphatic carbocycles. The minimum absolute atomic E-state index is 0.105. The number of oxazole rings is 1. The van der Waals surface area contributed by atoms with Crippen LogP contribution in [0.1, 0.15) is 32.2 Å². The van der Waals surface area contributed by atoms with Crippen molar-refractivity contribution in [3.63, 3.8) is 0 Å². The third kappa shape index (κ3) is 1.71. The van der Waals surface area contributed by atoms with E-state index in [4.69, 9.17) is 9.68 Å². The number of fused-ring (bicyclic) bond motifs is 1. The first-order chi connectivity index (χ1) is 7.00. The molecule has 0 unspecified atom stereocenters. The number of aromatic nitrogens is 1. The molecule has 0 saturated carbocycles. The summed E-state index contributed by atoms with van der Waals surface area (Å²) in [5.74, 6) is 0.701. The topological polar surface area (TPSA) is 49.8 Å². The Morgan fingerprint density at radius 1 is 1.33 bits per heavy atom. The summed E-state index contributed by atoms with van der Waals surface area (Å²) in [7, 11) is 0. The summed E-state index contributed by atoms with van der Waals surface area (Å²) >= 11 is 0. The van der Waals surface area contributed by atoms with Gasteiger partial charge in [0.15, 0.2) is 5.58 Å². The van der Waals surface area contributed by atoms with Crippen molar-refractivity contribution in [1.82, 2.24) is 4.98 Å². The summed E-state index contributed by atoms with van der Waals surface area (Å²) in [5.41, 5.74) is 1.98. The monoisotopic (exact) mass is 200 g/mol. The zero-order valence-corrected chi connectivity index (χ0v) is 9.03. The zero-order valence-electron chi connectivity index (χ0n) is 9.03. The van der Waals surface area contributed by atoms with E-state index in [0.29, 0.717) is 17.0 Å². The maximum absolute atomic E-state index is 8.75. The van der Waals surface area contributed by atoms with Gasteiger partial charge in [-0.3, -0.25) is 0 Å². The van der Waals surface area contributed by atoms with Crippen LogP contribution in [0.15, 0.2) is 22.6 Å². The van der Waals surface area contributed by atoms with E-state index in [-0.39, 0.29) is 5.41 Å². The molecule has 0 radical (unpaired) electrons. The summed E-state index contributed by atoms with van der Waals surface area (Å²) in [6.07, 6.45) is 0. The predicted molar refractivity (Wildman–Crippen MR) is 57.4 cm³/mol. The van der Waals surface area contributed by atoms with Gasteiger partial charge in [0.1, 0.15) is 5.52 Å². The van der Waals surface area contributed by atoms with Crippen LogP contribution in [0.5, 0.6) is 0 Å². The highest BCUT2D eigenvalue weighted by Crippen LogP contribution is 2.26. The molecule has 3 heteroatoms. The third-order valence-corrected chi connectivity index (χ3v) is 2.16. The van der Waals surface area contributed by atoms with E-state index in [2.05, 4.69) is 11.1 Å². The average Bonchev–Trinajstić information content (AvgIpc) is 2.59. The van der Waals surface area contributed by atoms with Gasteiger partial charge in [-0.25, -0.2) is 4.98 Å². The molecular weight excluding hydrogens is 188 g/mol. The summed E-state index contributed by atoms with van der Waals surface area (Å²) in [6.45, 7) is 6.13. The molecule has 15 heavy (non-hydrogen) atoms. The van der Waals surface area contributed by atoms with Crippen LogP contribution >= 0.6 is 0 Å². The normalized spacial score (nSPS) is 11.6. The highest BCUT2D eigenvalue weighted by atomic mass is 16.3. The van der Waals surface area contributed by atoms with Crippen molar-refractivity contribution < 1.29 is 4.42 Å². The van der Waals surface area contributed by atoms with Crippen molar-refractivity contribution in [2.24, 2.45) is 0 Å². The molecule has 2 aromatic rings. The van der Waals surface area contributed by atoms with Crippen molar-refractivity contribution in [2.75, 3.05) is 0 Å². The summed E-state index contributed by atoms with van der Waals surface area (Å²) in [5, 5.41) is 8.75. The molecule has 0 atom stereocenters. The van der Waals surface area contributed by atoms with Gasteiger partial charge in [-0.1, -0.05) is 20.8 Å². The Kier molecular flexibility index (Phi) is 2.01. The van der Waals surface area contributed by atoms with Crippen molar-refractivity contribution in [1.29, 1.82) is 5.26 Å². The van der Waals surface area contributed by atoms with Crippen LogP contribution in [-0.4, -0.2) is 4.98 Å².